The SMILES string of the molecule is Cc1cc(NC(=O)c2ccc(Cl)c(N)c2)ccc1F. The zero-order valence-corrected chi connectivity index (χ0v) is 11.0. The molecule has 2 aromatic rings. The third kappa shape index (κ3) is 3.03. The number of hydrogen-bond acceptors (Lipinski definition) is 2. The maximum atomic E-state index is 13.1. The fraction of sp³-hybridized carbons (Fsp3) is 0.0714. The monoisotopic (exact) mass is 278 g/mol. The fourth-order valence-corrected chi connectivity index (χ4v) is 1.73. The van der Waals surface area contributed by atoms with Crippen LogP contribution in [0.5, 0.6) is 0 Å². The van der Waals surface area contributed by atoms with Gasteiger partial charge in [-0.2, -0.15) is 0 Å². The Bertz CT molecular complexity index is 643. The Morgan fingerprint density at radius 1 is 1.26 bits per heavy atom. The van der Waals surface area contributed by atoms with Gasteiger partial charge in [-0.3, -0.25) is 4.79 Å². The Balaban J connectivity index is 2.20. The van der Waals surface area contributed by atoms with Crippen molar-refractivity contribution in [3.63, 3.8) is 0 Å². The summed E-state index contributed by atoms with van der Waals surface area (Å²) in [7, 11) is 0. The molecule has 3 N–H and O–H groups in total. The van der Waals surface area contributed by atoms with E-state index in [0.29, 0.717) is 27.5 Å². The first-order valence-electron chi connectivity index (χ1n) is 5.60. The average Bonchev–Trinajstić information content (AvgIpc) is 2.37. The van der Waals surface area contributed by atoms with Gasteiger partial charge in [-0.1, -0.05) is 11.6 Å². The first-order chi connectivity index (χ1) is 8.97. The van der Waals surface area contributed by atoms with E-state index in [1.165, 1.54) is 18.2 Å². The van der Waals surface area contributed by atoms with Crippen molar-refractivity contribution in [3.8, 4) is 0 Å². The highest BCUT2D eigenvalue weighted by atomic mass is 35.5. The van der Waals surface area contributed by atoms with E-state index in [2.05, 4.69) is 5.32 Å². The molecular weight excluding hydrogens is 267 g/mol. The normalized spacial score (nSPS) is 10.3. The first kappa shape index (κ1) is 13.4. The molecule has 2 rings (SSSR count). The van der Waals surface area contributed by atoms with Crippen LogP contribution in [0.2, 0.25) is 5.02 Å². The summed E-state index contributed by atoms with van der Waals surface area (Å²) in [5.74, 6) is -0.636. The Hall–Kier alpha value is -2.07. The number of aryl methyl sites for hydroxylation is 1. The number of nitrogen functional groups attached to an aromatic ring is 1. The minimum absolute atomic E-state index is 0.311. The van der Waals surface area contributed by atoms with Crippen molar-refractivity contribution in [2.75, 3.05) is 11.1 Å². The third-order valence-electron chi connectivity index (χ3n) is 2.67. The van der Waals surface area contributed by atoms with Crippen molar-refractivity contribution in [1.82, 2.24) is 0 Å². The van der Waals surface area contributed by atoms with Crippen molar-refractivity contribution >= 4 is 28.9 Å². The third-order valence-corrected chi connectivity index (χ3v) is 3.02. The van der Waals surface area contributed by atoms with Gasteiger partial charge in [-0.25, -0.2) is 4.39 Å². The molecule has 5 heteroatoms. The molecule has 0 aromatic heterocycles. The standard InChI is InChI=1S/C14H12ClFN2O/c1-8-6-10(3-5-12(8)16)18-14(19)9-2-4-11(15)13(17)7-9/h2-7H,17H2,1H3,(H,18,19). The minimum atomic E-state index is -0.325. The van der Waals surface area contributed by atoms with E-state index in [0.717, 1.165) is 0 Å². The molecule has 0 saturated carbocycles. The van der Waals surface area contributed by atoms with Crippen LogP contribution in [0.4, 0.5) is 15.8 Å². The Kier molecular flexibility index (Phi) is 3.71. The molecule has 0 aliphatic rings. The van der Waals surface area contributed by atoms with Gasteiger partial charge in [0.15, 0.2) is 0 Å². The zero-order valence-electron chi connectivity index (χ0n) is 10.2. The molecule has 0 heterocycles. The van der Waals surface area contributed by atoms with Crippen LogP contribution in [-0.4, -0.2) is 5.91 Å². The van der Waals surface area contributed by atoms with E-state index in [9.17, 15) is 9.18 Å². The maximum absolute atomic E-state index is 13.1. The quantitative estimate of drug-likeness (QED) is 0.824. The van der Waals surface area contributed by atoms with Gasteiger partial charge in [0.05, 0.1) is 10.7 Å². The van der Waals surface area contributed by atoms with Crippen molar-refractivity contribution in [1.29, 1.82) is 0 Å². The van der Waals surface area contributed by atoms with E-state index in [1.54, 1.807) is 25.1 Å². The van der Waals surface area contributed by atoms with Crippen LogP contribution in [0.15, 0.2) is 36.4 Å². The van der Waals surface area contributed by atoms with E-state index < -0.39 is 0 Å². The number of nitrogens with two attached hydrogens (primary N) is 1. The van der Waals surface area contributed by atoms with E-state index >= 15 is 0 Å². The highest BCUT2D eigenvalue weighted by Gasteiger charge is 2.08. The number of carbonyl (C=O) groups is 1. The molecule has 0 atom stereocenters. The van der Waals surface area contributed by atoms with Gasteiger partial charge >= 0.3 is 0 Å². The van der Waals surface area contributed by atoms with E-state index in [4.69, 9.17) is 17.3 Å². The summed E-state index contributed by atoms with van der Waals surface area (Å²) in [5.41, 5.74) is 7.36. The van der Waals surface area contributed by atoms with Crippen LogP contribution in [0, 0.1) is 12.7 Å². The first-order valence-corrected chi connectivity index (χ1v) is 5.97. The second kappa shape index (κ2) is 5.28. The van der Waals surface area contributed by atoms with Gasteiger partial charge in [0.25, 0.3) is 5.91 Å². The predicted octanol–water partition coefficient (Wildman–Crippen LogP) is 3.62. The zero-order chi connectivity index (χ0) is 14.0. The summed E-state index contributed by atoms with van der Waals surface area (Å²) in [4.78, 5) is 12.0. The fourth-order valence-electron chi connectivity index (χ4n) is 1.61. The van der Waals surface area contributed by atoms with Gasteiger partial charge < -0.3 is 11.1 Å². The number of rotatable bonds is 2. The van der Waals surface area contributed by atoms with Crippen molar-refractivity contribution in [3.05, 3.63) is 58.4 Å². The molecule has 0 aliphatic carbocycles. The molecular formula is C14H12ClFN2O. The summed E-state index contributed by atoms with van der Waals surface area (Å²) in [6.07, 6.45) is 0. The maximum Gasteiger partial charge on any atom is 0.255 e. The summed E-state index contributed by atoms with van der Waals surface area (Å²) in [6.45, 7) is 1.63. The van der Waals surface area contributed by atoms with Gasteiger partial charge in [-0.15, -0.1) is 0 Å². The van der Waals surface area contributed by atoms with Crippen LogP contribution >= 0.6 is 11.6 Å². The van der Waals surface area contributed by atoms with Crippen molar-refractivity contribution in [2.24, 2.45) is 0 Å². The predicted molar refractivity (Wildman–Crippen MR) is 75.0 cm³/mol. The van der Waals surface area contributed by atoms with Gasteiger partial charge in [0, 0.05) is 11.3 Å². The molecule has 0 spiro atoms. The smallest absolute Gasteiger partial charge is 0.255 e. The molecule has 2 aromatic carbocycles. The highest BCUT2D eigenvalue weighted by molar-refractivity contribution is 6.33. The van der Waals surface area contributed by atoms with Gasteiger partial charge in [0.1, 0.15) is 5.82 Å². The number of hydrogen-bond donors (Lipinski definition) is 2. The lowest BCUT2D eigenvalue weighted by molar-refractivity contribution is 0.102. The number of halogens is 2. The van der Waals surface area contributed by atoms with Crippen LogP contribution in [0.3, 0.4) is 0 Å². The molecule has 0 aliphatic heterocycles. The summed E-state index contributed by atoms with van der Waals surface area (Å²) in [5, 5.41) is 3.07. The Morgan fingerprint density at radius 3 is 2.63 bits per heavy atom. The summed E-state index contributed by atoms with van der Waals surface area (Å²) < 4.78 is 13.1. The van der Waals surface area contributed by atoms with Crippen LogP contribution in [-0.2, 0) is 0 Å². The lowest BCUT2D eigenvalue weighted by Crippen LogP contribution is -2.12. The topological polar surface area (TPSA) is 55.1 Å². The number of anilines is 2. The number of benzene rings is 2. The lowest BCUT2D eigenvalue weighted by Gasteiger charge is -2.07. The largest absolute Gasteiger partial charge is 0.398 e. The lowest BCUT2D eigenvalue weighted by atomic mass is 10.1. The summed E-state index contributed by atoms with van der Waals surface area (Å²) in [6, 6.07) is 8.99. The number of carbonyl (C=O) groups excluding carboxylic acids is 1. The van der Waals surface area contributed by atoms with Gasteiger partial charge in [-0.05, 0) is 48.9 Å². The molecule has 0 unspecified atom stereocenters. The van der Waals surface area contributed by atoms with E-state index in [-0.39, 0.29) is 11.7 Å². The molecule has 19 heavy (non-hydrogen) atoms. The number of amides is 1. The van der Waals surface area contributed by atoms with Crippen molar-refractivity contribution < 1.29 is 9.18 Å². The molecule has 1 amide bonds. The summed E-state index contributed by atoms with van der Waals surface area (Å²) >= 11 is 5.79. The van der Waals surface area contributed by atoms with Gasteiger partial charge in [0.2, 0.25) is 0 Å². The van der Waals surface area contributed by atoms with Crippen LogP contribution in [0.1, 0.15) is 15.9 Å². The minimum Gasteiger partial charge on any atom is -0.398 e. The number of nitrogens with one attached hydrogen (secondary N) is 1. The van der Waals surface area contributed by atoms with Crippen LogP contribution < -0.4 is 11.1 Å². The molecule has 0 bridgehead atoms. The molecule has 98 valence electrons. The molecule has 3 nitrogen and oxygen atoms in total. The second-order valence-electron chi connectivity index (χ2n) is 4.15. The van der Waals surface area contributed by atoms with Crippen molar-refractivity contribution in [2.45, 2.75) is 6.92 Å². The highest BCUT2D eigenvalue weighted by Crippen LogP contribution is 2.20. The Morgan fingerprint density at radius 2 is 2.00 bits per heavy atom. The Labute approximate surface area is 115 Å². The average molecular weight is 279 g/mol. The molecule has 0 radical (unpaired) electrons. The van der Waals surface area contributed by atoms with E-state index in [1.807, 2.05) is 0 Å². The van der Waals surface area contributed by atoms with Crippen LogP contribution in [0.25, 0.3) is 0 Å². The molecule has 0 saturated heterocycles. The second-order valence-corrected chi connectivity index (χ2v) is 4.56. The molecule has 0 fully saturated rings.